The zero-order chi connectivity index (χ0) is 21.2. The molecule has 0 unspecified atom stereocenters. The average molecular weight is 432 g/mol. The third-order valence-corrected chi connectivity index (χ3v) is 6.40. The molecule has 5 rings (SSSR count). The molecule has 2 aromatic carbocycles. The molecule has 156 valence electrons. The number of benzene rings is 2. The van der Waals surface area contributed by atoms with Gasteiger partial charge >= 0.3 is 0 Å². The number of aryl methyl sites for hydroxylation is 1. The summed E-state index contributed by atoms with van der Waals surface area (Å²) in [4.78, 5) is 13.2. The SMILES string of the molecule is Cc1ccc([C@@H]2Nn3c(nnc3-c3ccccc3)S[C@@H]2C(=O)NCc2ccco2)cc1. The van der Waals surface area contributed by atoms with Crippen LogP contribution < -0.4 is 10.7 Å². The number of aromatic nitrogens is 3. The second-order valence-corrected chi connectivity index (χ2v) is 8.47. The highest BCUT2D eigenvalue weighted by Gasteiger charge is 2.38. The monoisotopic (exact) mass is 431 g/mol. The van der Waals surface area contributed by atoms with Crippen molar-refractivity contribution in [3.8, 4) is 11.4 Å². The largest absolute Gasteiger partial charge is 0.467 e. The van der Waals surface area contributed by atoms with Crippen molar-refractivity contribution in [1.29, 1.82) is 0 Å². The van der Waals surface area contributed by atoms with Gasteiger partial charge in [-0.1, -0.05) is 71.9 Å². The predicted octanol–water partition coefficient (Wildman–Crippen LogP) is 3.92. The van der Waals surface area contributed by atoms with E-state index in [4.69, 9.17) is 4.42 Å². The summed E-state index contributed by atoms with van der Waals surface area (Å²) in [6.45, 7) is 2.39. The molecular weight excluding hydrogens is 410 g/mol. The van der Waals surface area contributed by atoms with Gasteiger partial charge in [-0.05, 0) is 24.6 Å². The lowest BCUT2D eigenvalue weighted by Crippen LogP contribution is -2.43. The Labute approximate surface area is 183 Å². The normalized spacial score (nSPS) is 17.6. The maximum absolute atomic E-state index is 13.2. The molecule has 8 heteroatoms. The number of nitrogens with zero attached hydrogens (tertiary/aromatic N) is 3. The quantitative estimate of drug-likeness (QED) is 0.498. The minimum absolute atomic E-state index is 0.0880. The molecular formula is C23H21N5O2S. The Bertz CT molecular complexity index is 1170. The topological polar surface area (TPSA) is 85.0 Å². The number of rotatable bonds is 5. The van der Waals surface area contributed by atoms with Gasteiger partial charge in [0.05, 0.1) is 18.8 Å². The molecule has 4 aromatic rings. The van der Waals surface area contributed by atoms with Crippen molar-refractivity contribution in [3.05, 3.63) is 89.9 Å². The summed E-state index contributed by atoms with van der Waals surface area (Å²) < 4.78 is 7.22. The Morgan fingerprint density at radius 3 is 2.65 bits per heavy atom. The Morgan fingerprint density at radius 2 is 1.90 bits per heavy atom. The van der Waals surface area contributed by atoms with Crippen molar-refractivity contribution < 1.29 is 9.21 Å². The van der Waals surface area contributed by atoms with Crippen LogP contribution in [0.15, 0.2) is 82.6 Å². The summed E-state index contributed by atoms with van der Waals surface area (Å²) in [5.74, 6) is 1.34. The van der Waals surface area contributed by atoms with Gasteiger partial charge in [0.2, 0.25) is 11.1 Å². The molecule has 0 saturated carbocycles. The number of fused-ring (bicyclic) bond motifs is 1. The van der Waals surface area contributed by atoms with Crippen LogP contribution in [0.1, 0.15) is 22.9 Å². The number of nitrogens with one attached hydrogen (secondary N) is 2. The van der Waals surface area contributed by atoms with Crippen LogP contribution in [0, 0.1) is 6.92 Å². The standard InChI is InChI=1S/C23H21N5O2S/c1-15-9-11-16(12-10-15)19-20(22(29)24-14-18-8-5-13-30-18)31-23-26-25-21(28(23)27-19)17-6-3-2-4-7-17/h2-13,19-20,27H,14H2,1H3,(H,24,29)/t19-,20-/m0/s1. The van der Waals surface area contributed by atoms with E-state index >= 15 is 0 Å². The minimum Gasteiger partial charge on any atom is -0.467 e. The number of carbonyl (C=O) groups excluding carboxylic acids is 1. The van der Waals surface area contributed by atoms with E-state index in [1.165, 1.54) is 17.3 Å². The second-order valence-electron chi connectivity index (χ2n) is 7.36. The van der Waals surface area contributed by atoms with Gasteiger partial charge in [-0.3, -0.25) is 4.79 Å². The van der Waals surface area contributed by atoms with E-state index in [1.54, 1.807) is 12.3 Å². The Hall–Kier alpha value is -3.52. The molecule has 1 amide bonds. The molecule has 2 aromatic heterocycles. The van der Waals surface area contributed by atoms with E-state index in [9.17, 15) is 4.79 Å². The van der Waals surface area contributed by atoms with Crippen LogP contribution in [0.4, 0.5) is 0 Å². The van der Waals surface area contributed by atoms with Crippen LogP contribution in [-0.4, -0.2) is 26.0 Å². The first kappa shape index (κ1) is 19.4. The Kier molecular flexibility index (Phi) is 5.21. The molecule has 3 heterocycles. The first-order chi connectivity index (χ1) is 15.2. The van der Waals surface area contributed by atoms with Crippen LogP contribution in [0.3, 0.4) is 0 Å². The number of furan rings is 1. The predicted molar refractivity (Wildman–Crippen MR) is 119 cm³/mol. The number of amides is 1. The molecule has 31 heavy (non-hydrogen) atoms. The van der Waals surface area contributed by atoms with Crippen molar-refractivity contribution in [2.45, 2.75) is 29.9 Å². The Morgan fingerprint density at radius 1 is 1.10 bits per heavy atom. The number of carbonyl (C=O) groups is 1. The molecule has 0 bridgehead atoms. The van der Waals surface area contributed by atoms with Crippen LogP contribution in [0.25, 0.3) is 11.4 Å². The second kappa shape index (κ2) is 8.31. The molecule has 0 fully saturated rings. The van der Waals surface area contributed by atoms with Crippen molar-refractivity contribution in [1.82, 2.24) is 20.2 Å². The summed E-state index contributed by atoms with van der Waals surface area (Å²) in [5, 5.41) is 11.9. The third-order valence-electron chi connectivity index (χ3n) is 5.18. The van der Waals surface area contributed by atoms with Crippen molar-refractivity contribution in [2.75, 3.05) is 5.43 Å². The lowest BCUT2D eigenvalue weighted by Gasteiger charge is -2.33. The van der Waals surface area contributed by atoms with E-state index in [2.05, 4.69) is 45.2 Å². The zero-order valence-electron chi connectivity index (χ0n) is 16.9. The van der Waals surface area contributed by atoms with Gasteiger partial charge in [0.15, 0.2) is 5.82 Å². The molecule has 0 spiro atoms. The van der Waals surface area contributed by atoms with Crippen molar-refractivity contribution in [2.24, 2.45) is 0 Å². The van der Waals surface area contributed by atoms with E-state index in [0.29, 0.717) is 17.5 Å². The molecule has 0 aliphatic carbocycles. The highest BCUT2D eigenvalue weighted by atomic mass is 32.2. The summed E-state index contributed by atoms with van der Waals surface area (Å²) in [6.07, 6.45) is 1.60. The molecule has 1 aliphatic rings. The highest BCUT2D eigenvalue weighted by molar-refractivity contribution is 8.00. The Balaban J connectivity index is 1.47. The van der Waals surface area contributed by atoms with Crippen LogP contribution >= 0.6 is 11.8 Å². The summed E-state index contributed by atoms with van der Waals surface area (Å²) >= 11 is 1.41. The number of thioether (sulfide) groups is 1. The van der Waals surface area contributed by atoms with E-state index in [1.807, 2.05) is 48.0 Å². The highest BCUT2D eigenvalue weighted by Crippen LogP contribution is 2.38. The van der Waals surface area contributed by atoms with Gasteiger partial charge in [-0.15, -0.1) is 10.2 Å². The molecule has 2 N–H and O–H groups in total. The molecule has 0 saturated heterocycles. The molecule has 1 aliphatic heterocycles. The zero-order valence-corrected chi connectivity index (χ0v) is 17.7. The van der Waals surface area contributed by atoms with Crippen molar-refractivity contribution >= 4 is 17.7 Å². The fourth-order valence-electron chi connectivity index (χ4n) is 3.54. The smallest absolute Gasteiger partial charge is 0.236 e. The molecule has 2 atom stereocenters. The van der Waals surface area contributed by atoms with E-state index in [-0.39, 0.29) is 11.9 Å². The maximum atomic E-state index is 13.2. The van der Waals surface area contributed by atoms with Crippen molar-refractivity contribution in [3.63, 3.8) is 0 Å². The van der Waals surface area contributed by atoms with Gasteiger partial charge in [0.1, 0.15) is 11.0 Å². The fourth-order valence-corrected chi connectivity index (χ4v) is 4.65. The van der Waals surface area contributed by atoms with Gasteiger partial charge in [-0.2, -0.15) is 0 Å². The first-order valence-electron chi connectivity index (χ1n) is 10.00. The van der Waals surface area contributed by atoms with Gasteiger partial charge < -0.3 is 15.2 Å². The minimum atomic E-state index is -0.419. The van der Waals surface area contributed by atoms with Gasteiger partial charge in [-0.25, -0.2) is 4.68 Å². The third kappa shape index (κ3) is 3.94. The fraction of sp³-hybridized carbons (Fsp3) is 0.174. The molecule has 0 radical (unpaired) electrons. The van der Waals surface area contributed by atoms with Gasteiger partial charge in [0, 0.05) is 5.56 Å². The summed E-state index contributed by atoms with van der Waals surface area (Å²) in [7, 11) is 0. The average Bonchev–Trinajstić information content (AvgIpc) is 3.47. The number of hydrogen-bond donors (Lipinski definition) is 2. The number of hydrogen-bond acceptors (Lipinski definition) is 6. The van der Waals surface area contributed by atoms with Crippen LogP contribution in [-0.2, 0) is 11.3 Å². The van der Waals surface area contributed by atoms with Gasteiger partial charge in [0.25, 0.3) is 0 Å². The maximum Gasteiger partial charge on any atom is 0.236 e. The summed E-state index contributed by atoms with van der Waals surface area (Å²) in [6, 6.07) is 21.5. The molecule has 7 nitrogen and oxygen atoms in total. The lowest BCUT2D eigenvalue weighted by molar-refractivity contribution is -0.121. The van der Waals surface area contributed by atoms with Crippen LogP contribution in [0.5, 0.6) is 0 Å². The first-order valence-corrected chi connectivity index (χ1v) is 10.9. The lowest BCUT2D eigenvalue weighted by atomic mass is 10.0. The van der Waals surface area contributed by atoms with E-state index < -0.39 is 5.25 Å². The van der Waals surface area contributed by atoms with Crippen LogP contribution in [0.2, 0.25) is 0 Å². The van der Waals surface area contributed by atoms with E-state index in [0.717, 1.165) is 17.0 Å². The summed E-state index contributed by atoms with van der Waals surface area (Å²) in [5.41, 5.74) is 6.64.